The van der Waals surface area contributed by atoms with Crippen molar-refractivity contribution in [1.82, 2.24) is 10.3 Å². The molecule has 6 rings (SSSR count). The van der Waals surface area contributed by atoms with Crippen LogP contribution in [-0.2, 0) is 10.2 Å². The Morgan fingerprint density at radius 2 is 1.86 bits per heavy atom. The predicted molar refractivity (Wildman–Crippen MR) is 118 cm³/mol. The quantitative estimate of drug-likeness (QED) is 0.528. The highest BCUT2D eigenvalue weighted by molar-refractivity contribution is 7.13. The van der Waals surface area contributed by atoms with Gasteiger partial charge in [-0.2, -0.15) is 0 Å². The summed E-state index contributed by atoms with van der Waals surface area (Å²) in [6.45, 7) is 0. The van der Waals surface area contributed by atoms with Crippen molar-refractivity contribution in [2.75, 3.05) is 0 Å². The third-order valence-electron chi connectivity index (χ3n) is 6.47. The molecule has 3 aliphatic rings. The van der Waals surface area contributed by atoms with Gasteiger partial charge < -0.3 is 24.6 Å². The van der Waals surface area contributed by atoms with Gasteiger partial charge >= 0.3 is 12.3 Å². The van der Waals surface area contributed by atoms with Gasteiger partial charge in [-0.1, -0.05) is 24.3 Å². The lowest BCUT2D eigenvalue weighted by Crippen LogP contribution is -2.39. The Morgan fingerprint density at radius 1 is 1.09 bits per heavy atom. The number of amides is 1. The molecule has 35 heavy (non-hydrogen) atoms. The first-order chi connectivity index (χ1) is 16.7. The number of carboxylic acid groups (broad SMARTS) is 1. The van der Waals surface area contributed by atoms with Gasteiger partial charge in [0.25, 0.3) is 0 Å². The highest BCUT2D eigenvalue weighted by Gasteiger charge is 2.53. The molecule has 0 bridgehead atoms. The van der Waals surface area contributed by atoms with Gasteiger partial charge in [-0.25, -0.2) is 9.78 Å². The summed E-state index contributed by atoms with van der Waals surface area (Å²) in [5.41, 5.74) is 0.530. The van der Waals surface area contributed by atoms with Crippen LogP contribution in [0.25, 0.3) is 0 Å². The molecule has 3 aromatic rings. The van der Waals surface area contributed by atoms with Crippen LogP contribution in [0.15, 0.2) is 48.7 Å². The Morgan fingerprint density at radius 3 is 2.60 bits per heavy atom. The van der Waals surface area contributed by atoms with Crippen LogP contribution in [0.5, 0.6) is 17.2 Å². The lowest BCUT2D eigenvalue weighted by molar-refractivity contribution is -0.286. The summed E-state index contributed by atoms with van der Waals surface area (Å²) in [6, 6.07) is 11.3. The number of carboxylic acids is 1. The predicted octanol–water partition coefficient (Wildman–Crippen LogP) is 4.58. The number of rotatable bonds is 5. The average Bonchev–Trinajstić information content (AvgIpc) is 3.36. The number of para-hydroxylation sites is 1. The van der Waals surface area contributed by atoms with Crippen molar-refractivity contribution >= 4 is 23.2 Å². The van der Waals surface area contributed by atoms with E-state index >= 15 is 0 Å². The van der Waals surface area contributed by atoms with Crippen LogP contribution >= 0.6 is 11.3 Å². The molecule has 180 valence electrons. The number of fused-ring (bicyclic) bond motifs is 2. The Hall–Kier alpha value is -3.73. The number of alkyl halides is 2. The van der Waals surface area contributed by atoms with E-state index in [2.05, 4.69) is 19.8 Å². The highest BCUT2D eigenvalue weighted by Crippen LogP contribution is 2.52. The zero-order chi connectivity index (χ0) is 24.4. The molecule has 0 saturated heterocycles. The second-order valence-electron chi connectivity index (χ2n) is 8.69. The summed E-state index contributed by atoms with van der Waals surface area (Å²) in [7, 11) is 0. The van der Waals surface area contributed by atoms with Crippen LogP contribution in [0.2, 0.25) is 0 Å². The van der Waals surface area contributed by atoms with Crippen LogP contribution in [0.1, 0.15) is 57.2 Å². The molecule has 2 aromatic carbocycles. The molecule has 1 unspecified atom stereocenters. The molecular weight excluding hydrogens is 482 g/mol. The molecule has 1 aromatic heterocycles. The number of nitrogens with zero attached hydrogens (tertiary/aromatic N) is 1. The Balaban J connectivity index is 1.26. The lowest BCUT2D eigenvalue weighted by atomic mass is 9.91. The molecule has 1 saturated carbocycles. The molecule has 11 heteroatoms. The number of benzene rings is 2. The summed E-state index contributed by atoms with van der Waals surface area (Å²) in [6.07, 6.45) is -1.47. The van der Waals surface area contributed by atoms with Crippen molar-refractivity contribution in [2.24, 2.45) is 0 Å². The van der Waals surface area contributed by atoms with Crippen LogP contribution in [-0.4, -0.2) is 28.3 Å². The fourth-order valence-electron chi connectivity index (χ4n) is 4.56. The van der Waals surface area contributed by atoms with E-state index in [-0.39, 0.29) is 22.3 Å². The van der Waals surface area contributed by atoms with E-state index in [1.54, 1.807) is 12.1 Å². The van der Waals surface area contributed by atoms with E-state index in [4.69, 9.17) is 4.74 Å². The van der Waals surface area contributed by atoms with Crippen molar-refractivity contribution in [3.63, 3.8) is 0 Å². The van der Waals surface area contributed by atoms with E-state index < -0.39 is 29.8 Å². The van der Waals surface area contributed by atoms with Gasteiger partial charge in [-0.15, -0.1) is 20.1 Å². The van der Waals surface area contributed by atoms with Gasteiger partial charge in [0.15, 0.2) is 17.6 Å². The molecule has 1 fully saturated rings. The third kappa shape index (κ3) is 3.75. The minimum absolute atomic E-state index is 0.0691. The number of hydrogen-bond acceptors (Lipinski definition) is 7. The fourth-order valence-corrected chi connectivity index (χ4v) is 5.36. The fraction of sp³-hybridized carbons (Fsp3) is 0.292. The number of ether oxygens (including phenoxy) is 3. The van der Waals surface area contributed by atoms with Crippen molar-refractivity contribution in [1.29, 1.82) is 0 Å². The number of halogens is 2. The van der Waals surface area contributed by atoms with Crippen LogP contribution in [0.4, 0.5) is 8.78 Å². The van der Waals surface area contributed by atoms with Crippen molar-refractivity contribution < 1.29 is 37.7 Å². The summed E-state index contributed by atoms with van der Waals surface area (Å²) < 4.78 is 42.0. The second-order valence-corrected chi connectivity index (χ2v) is 9.75. The van der Waals surface area contributed by atoms with Crippen molar-refractivity contribution in [3.8, 4) is 17.2 Å². The zero-order valence-corrected chi connectivity index (χ0v) is 18.8. The number of hydrogen-bond donors (Lipinski definition) is 2. The first kappa shape index (κ1) is 21.8. The lowest BCUT2D eigenvalue weighted by Gasteiger charge is -2.32. The van der Waals surface area contributed by atoms with Gasteiger partial charge in [0, 0.05) is 12.0 Å². The largest absolute Gasteiger partial charge is 0.586 e. The SMILES string of the molecule is O=C(O)c1cnc(C2C[C@@H](NC(=O)C3(c4ccc5c(c4)OC(F)(F)O5)CC3)c3ccccc3O2)s1. The normalized spacial score (nSPS) is 22.6. The summed E-state index contributed by atoms with van der Waals surface area (Å²) in [5, 5.41) is 12.9. The molecule has 2 aliphatic heterocycles. The third-order valence-corrected chi connectivity index (χ3v) is 7.54. The number of nitrogens with one attached hydrogen (secondary N) is 1. The smallest absolute Gasteiger partial charge is 0.483 e. The molecule has 1 amide bonds. The van der Waals surface area contributed by atoms with E-state index in [1.807, 2.05) is 18.2 Å². The summed E-state index contributed by atoms with van der Waals surface area (Å²) in [5.74, 6) is -0.876. The Kier molecular flexibility index (Phi) is 4.75. The average molecular weight is 500 g/mol. The molecule has 3 heterocycles. The maximum Gasteiger partial charge on any atom is 0.586 e. The molecule has 8 nitrogen and oxygen atoms in total. The second kappa shape index (κ2) is 7.64. The van der Waals surface area contributed by atoms with Gasteiger partial charge in [-0.05, 0) is 36.6 Å². The van der Waals surface area contributed by atoms with Gasteiger partial charge in [0.2, 0.25) is 5.91 Å². The highest BCUT2D eigenvalue weighted by atomic mass is 32.1. The van der Waals surface area contributed by atoms with Crippen molar-refractivity contribution in [3.05, 3.63) is 69.7 Å². The number of thiazole rings is 1. The monoisotopic (exact) mass is 500 g/mol. The van der Waals surface area contributed by atoms with Gasteiger partial charge in [0.05, 0.1) is 17.7 Å². The van der Waals surface area contributed by atoms with Crippen molar-refractivity contribution in [2.45, 2.75) is 43.1 Å². The Bertz CT molecular complexity index is 1360. The maximum atomic E-state index is 13.5. The maximum absolute atomic E-state index is 13.5. The van der Waals surface area contributed by atoms with E-state index in [0.29, 0.717) is 35.6 Å². The first-order valence-electron chi connectivity index (χ1n) is 10.9. The summed E-state index contributed by atoms with van der Waals surface area (Å²) >= 11 is 1.03. The number of carbonyl (C=O) groups excluding carboxylic acids is 1. The summed E-state index contributed by atoms with van der Waals surface area (Å²) in [4.78, 5) is 29.1. The molecule has 0 spiro atoms. The first-order valence-corrected chi connectivity index (χ1v) is 11.7. The number of carbonyl (C=O) groups is 2. The van der Waals surface area contributed by atoms with Gasteiger partial charge in [0.1, 0.15) is 15.6 Å². The number of aromatic carboxylic acids is 1. The van der Waals surface area contributed by atoms with E-state index in [9.17, 15) is 23.5 Å². The topological polar surface area (TPSA) is 107 Å². The molecule has 2 N–H and O–H groups in total. The van der Waals surface area contributed by atoms with Gasteiger partial charge in [-0.3, -0.25) is 4.79 Å². The van der Waals surface area contributed by atoms with Crippen LogP contribution in [0, 0.1) is 0 Å². The van der Waals surface area contributed by atoms with E-state index in [0.717, 1.165) is 16.9 Å². The molecule has 1 aliphatic carbocycles. The minimum atomic E-state index is -3.73. The number of aromatic nitrogens is 1. The Labute approximate surface area is 201 Å². The zero-order valence-electron chi connectivity index (χ0n) is 18.0. The van der Waals surface area contributed by atoms with Crippen LogP contribution in [0.3, 0.4) is 0 Å². The molecule has 2 atom stereocenters. The van der Waals surface area contributed by atoms with Crippen LogP contribution < -0.4 is 19.5 Å². The molecular formula is C24H18F2N2O6S. The van der Waals surface area contributed by atoms with E-state index in [1.165, 1.54) is 18.3 Å². The standard InChI is InChI=1S/C24H18F2N2O6S/c25-24(26)33-16-6-5-12(9-17(16)34-24)23(7-8-23)22(31)28-14-10-18(20-27-11-19(35-20)21(29)30)32-15-4-2-1-3-13(14)15/h1-6,9,11,14,18H,7-8,10H2,(H,28,31)(H,29,30)/t14-,18?/m1/s1. The molecule has 0 radical (unpaired) electrons. The minimum Gasteiger partial charge on any atom is -0.483 e.